The third-order valence-corrected chi connectivity index (χ3v) is 10.3. The molecule has 7 rings (SSSR count). The van der Waals surface area contributed by atoms with Crippen LogP contribution in [0.25, 0.3) is 32.2 Å². The number of likely N-dealkylation sites (N-methyl/N-ethyl adjacent to an activating group) is 1. The summed E-state index contributed by atoms with van der Waals surface area (Å²) in [6.45, 7) is 3.62. The van der Waals surface area contributed by atoms with Gasteiger partial charge in [0.25, 0.3) is 0 Å². The Bertz CT molecular complexity index is 1800. The summed E-state index contributed by atoms with van der Waals surface area (Å²) in [4.78, 5) is 16.7. The van der Waals surface area contributed by atoms with Crippen molar-refractivity contribution in [3.63, 3.8) is 0 Å². The summed E-state index contributed by atoms with van der Waals surface area (Å²) in [6.07, 6.45) is -3.45. The van der Waals surface area contributed by atoms with Gasteiger partial charge in [-0.25, -0.2) is 18.2 Å². The molecular formula is C30H31F6N7OS. The summed E-state index contributed by atoms with van der Waals surface area (Å²) in [5, 5.41) is 3.09. The molecule has 3 aliphatic heterocycles. The first kappa shape index (κ1) is 30.2. The fraction of sp³-hybridized carbons (Fsp3) is 0.500. The minimum absolute atomic E-state index is 0.0515. The maximum absolute atomic E-state index is 16.8. The van der Waals surface area contributed by atoms with Gasteiger partial charge in [-0.1, -0.05) is 11.3 Å². The van der Waals surface area contributed by atoms with E-state index < -0.39 is 40.6 Å². The van der Waals surface area contributed by atoms with Gasteiger partial charge in [-0.05, 0) is 50.9 Å². The molecule has 0 unspecified atom stereocenters. The molecule has 0 amide bonds. The summed E-state index contributed by atoms with van der Waals surface area (Å²) in [5.74, 6) is -1.93. The van der Waals surface area contributed by atoms with Gasteiger partial charge in [0.05, 0.1) is 21.3 Å². The van der Waals surface area contributed by atoms with Gasteiger partial charge in [-0.15, -0.1) is 0 Å². The van der Waals surface area contributed by atoms with Crippen molar-refractivity contribution in [1.82, 2.24) is 25.2 Å². The van der Waals surface area contributed by atoms with E-state index in [1.807, 2.05) is 11.8 Å². The molecule has 3 aliphatic rings. The van der Waals surface area contributed by atoms with E-state index >= 15 is 4.39 Å². The van der Waals surface area contributed by atoms with Crippen LogP contribution in [0.5, 0.6) is 6.01 Å². The lowest BCUT2D eigenvalue weighted by Gasteiger charge is -2.31. The molecule has 0 bridgehead atoms. The van der Waals surface area contributed by atoms with Crippen molar-refractivity contribution in [2.24, 2.45) is 0 Å². The lowest BCUT2D eigenvalue weighted by atomic mass is 9.94. The molecule has 15 heteroatoms. The van der Waals surface area contributed by atoms with Crippen molar-refractivity contribution >= 4 is 43.4 Å². The molecule has 8 nitrogen and oxygen atoms in total. The molecule has 5 heterocycles. The smallest absolute Gasteiger partial charge is 0.417 e. The molecule has 4 atom stereocenters. The van der Waals surface area contributed by atoms with Crippen LogP contribution in [0.3, 0.4) is 0 Å². The summed E-state index contributed by atoms with van der Waals surface area (Å²) in [6, 6.07) is 2.65. The SMILES string of the molecule is C[C@@H]1C[C@@H](N(C)c2nc(OC[C@@]34CCCN3C[C@H](F)C4)nc3c(F)c(-c4ccc(F)c5sc(N)nc45)c(C(F)(F)F)cc23)CN1. The maximum atomic E-state index is 16.8. The second-order valence-corrected chi connectivity index (χ2v) is 13.4. The van der Waals surface area contributed by atoms with Crippen LogP contribution < -0.4 is 20.7 Å². The Balaban J connectivity index is 1.42. The highest BCUT2D eigenvalue weighted by atomic mass is 32.1. The first-order valence-electron chi connectivity index (χ1n) is 14.8. The number of nitrogens with one attached hydrogen (secondary N) is 1. The van der Waals surface area contributed by atoms with Crippen LogP contribution in [0.4, 0.5) is 37.3 Å². The number of halogens is 6. The fourth-order valence-electron chi connectivity index (χ4n) is 7.23. The summed E-state index contributed by atoms with van der Waals surface area (Å²) >= 11 is 0.758. The van der Waals surface area contributed by atoms with E-state index in [2.05, 4.69) is 20.3 Å². The van der Waals surface area contributed by atoms with Crippen molar-refractivity contribution < 1.29 is 31.1 Å². The van der Waals surface area contributed by atoms with Gasteiger partial charge in [-0.2, -0.15) is 23.1 Å². The number of hydrogen-bond acceptors (Lipinski definition) is 9. The Kier molecular flexibility index (Phi) is 7.28. The predicted molar refractivity (Wildman–Crippen MR) is 160 cm³/mol. The van der Waals surface area contributed by atoms with Crippen molar-refractivity contribution in [1.29, 1.82) is 0 Å². The van der Waals surface area contributed by atoms with E-state index in [-0.39, 0.29) is 68.8 Å². The van der Waals surface area contributed by atoms with Crippen molar-refractivity contribution in [2.45, 2.75) is 62.6 Å². The average Bonchev–Trinajstić information content (AvgIpc) is 3.75. The molecular weight excluding hydrogens is 620 g/mol. The van der Waals surface area contributed by atoms with Gasteiger partial charge in [0.15, 0.2) is 10.9 Å². The minimum Gasteiger partial charge on any atom is -0.461 e. The van der Waals surface area contributed by atoms with E-state index in [4.69, 9.17) is 10.5 Å². The molecule has 3 saturated heterocycles. The molecule has 2 aromatic carbocycles. The standard InChI is InChI=1S/C30H31F6N7OS/c1-14-8-16(11-38-14)42(2)26-18-9-19(30(34,35)36)21(17-4-5-20(32)25-24(17)39-27(37)45-25)22(33)23(18)40-28(41-26)44-13-29-6-3-7-43(29)12-15(31)10-29/h4-5,9,14-16,38H,3,6-8,10-13H2,1-2H3,(H2,37,39)/t14-,15-,16-,29+/m1/s1. The maximum Gasteiger partial charge on any atom is 0.417 e. The highest BCUT2D eigenvalue weighted by molar-refractivity contribution is 7.22. The van der Waals surface area contributed by atoms with Crippen LogP contribution in [0, 0.1) is 11.6 Å². The monoisotopic (exact) mass is 651 g/mol. The predicted octanol–water partition coefficient (Wildman–Crippen LogP) is 5.93. The number of nitrogen functional groups attached to an aromatic ring is 1. The number of alkyl halides is 4. The van der Waals surface area contributed by atoms with E-state index in [1.54, 1.807) is 11.9 Å². The van der Waals surface area contributed by atoms with Crippen LogP contribution in [0.1, 0.15) is 38.2 Å². The van der Waals surface area contributed by atoms with Gasteiger partial charge in [0.2, 0.25) is 0 Å². The van der Waals surface area contributed by atoms with Crippen LogP contribution >= 0.6 is 11.3 Å². The van der Waals surface area contributed by atoms with Crippen LogP contribution in [-0.2, 0) is 6.18 Å². The summed E-state index contributed by atoms with van der Waals surface area (Å²) in [7, 11) is 1.69. The number of thiazole rings is 1. The highest BCUT2D eigenvalue weighted by Crippen LogP contribution is 2.46. The van der Waals surface area contributed by atoms with E-state index in [1.165, 1.54) is 0 Å². The molecule has 4 aromatic rings. The van der Waals surface area contributed by atoms with Gasteiger partial charge in [0.1, 0.15) is 29.9 Å². The number of aromatic nitrogens is 3. The Hall–Kier alpha value is -3.43. The molecule has 2 aromatic heterocycles. The van der Waals surface area contributed by atoms with E-state index in [9.17, 15) is 22.0 Å². The minimum atomic E-state index is -5.00. The van der Waals surface area contributed by atoms with Gasteiger partial charge in [-0.3, -0.25) is 4.90 Å². The third-order valence-electron chi connectivity index (χ3n) is 9.42. The lowest BCUT2D eigenvalue weighted by Crippen LogP contribution is -2.43. The zero-order valence-electron chi connectivity index (χ0n) is 24.5. The molecule has 0 spiro atoms. The topological polar surface area (TPSA) is 92.4 Å². The van der Waals surface area contributed by atoms with Crippen molar-refractivity contribution in [2.75, 3.05) is 43.9 Å². The normalized spacial score (nSPS) is 25.5. The number of nitrogens with two attached hydrogens (primary N) is 1. The zero-order chi connectivity index (χ0) is 31.8. The van der Waals surface area contributed by atoms with Crippen LogP contribution in [-0.4, -0.2) is 76.9 Å². The number of rotatable bonds is 6. The molecule has 3 N–H and O–H groups in total. The molecule has 0 saturated carbocycles. The molecule has 45 heavy (non-hydrogen) atoms. The van der Waals surface area contributed by atoms with Gasteiger partial charge >= 0.3 is 12.2 Å². The number of anilines is 2. The van der Waals surface area contributed by atoms with E-state index in [0.717, 1.165) is 42.5 Å². The Morgan fingerprint density at radius 1 is 1.20 bits per heavy atom. The second kappa shape index (κ2) is 10.8. The van der Waals surface area contributed by atoms with Gasteiger partial charge in [0, 0.05) is 55.2 Å². The first-order valence-corrected chi connectivity index (χ1v) is 15.6. The van der Waals surface area contributed by atoms with Crippen LogP contribution in [0.15, 0.2) is 18.2 Å². The fourth-order valence-corrected chi connectivity index (χ4v) is 8.00. The zero-order valence-corrected chi connectivity index (χ0v) is 25.3. The van der Waals surface area contributed by atoms with E-state index in [0.29, 0.717) is 25.9 Å². The Morgan fingerprint density at radius 2 is 2.00 bits per heavy atom. The number of nitrogens with zero attached hydrogens (tertiary/aromatic N) is 5. The number of fused-ring (bicyclic) bond motifs is 3. The number of ether oxygens (including phenoxy) is 1. The Labute approximate surface area is 258 Å². The first-order chi connectivity index (χ1) is 21.3. The molecule has 0 aliphatic carbocycles. The summed E-state index contributed by atoms with van der Waals surface area (Å²) < 4.78 is 96.0. The van der Waals surface area contributed by atoms with Gasteiger partial charge < -0.3 is 20.7 Å². The highest BCUT2D eigenvalue weighted by Gasteiger charge is 2.49. The second-order valence-electron chi connectivity index (χ2n) is 12.3. The molecule has 240 valence electrons. The third kappa shape index (κ3) is 5.12. The molecule has 0 radical (unpaired) electrons. The average molecular weight is 652 g/mol. The largest absolute Gasteiger partial charge is 0.461 e. The number of benzene rings is 2. The summed E-state index contributed by atoms with van der Waals surface area (Å²) in [5.41, 5.74) is 2.29. The van der Waals surface area contributed by atoms with Crippen LogP contribution in [0.2, 0.25) is 0 Å². The molecule has 3 fully saturated rings. The number of hydrogen-bond donors (Lipinski definition) is 2. The Morgan fingerprint density at radius 3 is 2.73 bits per heavy atom. The van der Waals surface area contributed by atoms with Crippen molar-refractivity contribution in [3.8, 4) is 17.1 Å². The lowest BCUT2D eigenvalue weighted by molar-refractivity contribution is -0.137. The quantitative estimate of drug-likeness (QED) is 0.248. The van der Waals surface area contributed by atoms with Crippen molar-refractivity contribution in [3.05, 3.63) is 35.4 Å².